The second-order valence-electron chi connectivity index (χ2n) is 2.45. The van der Waals surface area contributed by atoms with Crippen LogP contribution in [0.5, 0.6) is 0 Å². The Morgan fingerprint density at radius 3 is 2.83 bits per heavy atom. The highest BCUT2D eigenvalue weighted by atomic mass is 16.6. The third-order valence-corrected chi connectivity index (χ3v) is 1.66. The van der Waals surface area contributed by atoms with E-state index in [1.54, 1.807) is 0 Å². The molecule has 1 aliphatic rings. The molecule has 1 aliphatic heterocycles. The van der Waals surface area contributed by atoms with Crippen molar-refractivity contribution in [2.24, 2.45) is 0 Å². The number of aromatic nitrogens is 1. The normalized spacial score (nSPS) is 22.8. The summed E-state index contributed by atoms with van der Waals surface area (Å²) in [6.07, 6.45) is 2.67. The zero-order valence-corrected chi connectivity index (χ0v) is 6.02. The highest BCUT2D eigenvalue weighted by Crippen LogP contribution is 2.26. The van der Waals surface area contributed by atoms with Crippen LogP contribution >= 0.6 is 0 Å². The summed E-state index contributed by atoms with van der Waals surface area (Å²) in [4.78, 5) is 25.2. The third-order valence-electron chi connectivity index (χ3n) is 1.66. The molecule has 0 amide bonds. The molecule has 1 aromatic rings. The fraction of sp³-hybridized carbons (Fsp3) is 0.286. The van der Waals surface area contributed by atoms with Gasteiger partial charge in [-0.05, 0) is 0 Å². The molecule has 0 N–H and O–H groups in total. The molecule has 0 aliphatic carbocycles. The number of hydrogen-bond acceptors (Lipinski definition) is 5. The van der Waals surface area contributed by atoms with E-state index in [0.29, 0.717) is 5.76 Å². The van der Waals surface area contributed by atoms with Crippen molar-refractivity contribution in [3.05, 3.63) is 18.4 Å². The van der Waals surface area contributed by atoms with Crippen molar-refractivity contribution in [3.63, 3.8) is 0 Å². The number of ether oxygens (including phenoxy) is 1. The quantitative estimate of drug-likeness (QED) is 0.442. The van der Waals surface area contributed by atoms with E-state index in [9.17, 15) is 9.59 Å². The molecule has 2 rings (SSSR count). The van der Waals surface area contributed by atoms with Crippen molar-refractivity contribution in [1.29, 1.82) is 0 Å². The van der Waals surface area contributed by atoms with E-state index >= 15 is 0 Å². The number of hydrogen-bond donors (Lipinski definition) is 0. The lowest BCUT2D eigenvalue weighted by molar-refractivity contribution is -0.152. The molecular formula is C7H5NO4. The second kappa shape index (κ2) is 2.44. The number of esters is 2. The summed E-state index contributed by atoms with van der Waals surface area (Å²) in [6.45, 7) is 0. The predicted molar refractivity (Wildman–Crippen MR) is 35.0 cm³/mol. The molecule has 12 heavy (non-hydrogen) atoms. The molecule has 1 unspecified atom stereocenters. The van der Waals surface area contributed by atoms with Crippen molar-refractivity contribution in [2.45, 2.75) is 12.3 Å². The van der Waals surface area contributed by atoms with Gasteiger partial charge in [0.1, 0.15) is 11.7 Å². The number of carbonyl (C=O) groups excluding carboxylic acids is 2. The Morgan fingerprint density at radius 2 is 2.33 bits per heavy atom. The van der Waals surface area contributed by atoms with Crippen molar-refractivity contribution >= 4 is 11.9 Å². The van der Waals surface area contributed by atoms with Gasteiger partial charge in [0.15, 0.2) is 6.39 Å². The van der Waals surface area contributed by atoms with Gasteiger partial charge < -0.3 is 9.15 Å². The first-order valence-corrected chi connectivity index (χ1v) is 3.40. The van der Waals surface area contributed by atoms with Crippen LogP contribution in [0, 0.1) is 0 Å². The molecule has 1 aromatic heterocycles. The first-order chi connectivity index (χ1) is 5.77. The first kappa shape index (κ1) is 7.02. The molecule has 0 spiro atoms. The minimum Gasteiger partial charge on any atom is -0.448 e. The fourth-order valence-electron chi connectivity index (χ4n) is 1.09. The van der Waals surface area contributed by atoms with Gasteiger partial charge in [0.25, 0.3) is 0 Å². The van der Waals surface area contributed by atoms with Crippen LogP contribution in [0.4, 0.5) is 0 Å². The maximum absolute atomic E-state index is 11.0. The van der Waals surface area contributed by atoms with Gasteiger partial charge in [-0.25, -0.2) is 4.98 Å². The van der Waals surface area contributed by atoms with Crippen molar-refractivity contribution in [3.8, 4) is 0 Å². The van der Waals surface area contributed by atoms with E-state index in [2.05, 4.69) is 9.72 Å². The smallest absolute Gasteiger partial charge is 0.324 e. The van der Waals surface area contributed by atoms with Gasteiger partial charge in [-0.2, -0.15) is 0 Å². The summed E-state index contributed by atoms with van der Waals surface area (Å²) >= 11 is 0. The molecule has 5 nitrogen and oxygen atoms in total. The lowest BCUT2D eigenvalue weighted by Gasteiger charge is -1.95. The standard InChI is InChI=1S/C7H5NO4/c9-6-1-4(7(10)12-6)5-2-8-3-11-5/h2-4H,1H2. The minimum absolute atomic E-state index is 0.0496. The van der Waals surface area contributed by atoms with E-state index < -0.39 is 17.9 Å². The van der Waals surface area contributed by atoms with Crippen LogP contribution in [-0.4, -0.2) is 16.9 Å². The molecule has 2 heterocycles. The third kappa shape index (κ3) is 0.990. The van der Waals surface area contributed by atoms with E-state index in [1.807, 2.05) is 0 Å². The average Bonchev–Trinajstić information content (AvgIpc) is 2.58. The van der Waals surface area contributed by atoms with Gasteiger partial charge in [0.2, 0.25) is 0 Å². The van der Waals surface area contributed by atoms with Crippen molar-refractivity contribution < 1.29 is 18.7 Å². The predicted octanol–water partition coefficient (Wildman–Crippen LogP) is 0.232. The summed E-state index contributed by atoms with van der Waals surface area (Å²) < 4.78 is 9.20. The molecule has 0 saturated carbocycles. The van der Waals surface area contributed by atoms with E-state index in [4.69, 9.17) is 4.42 Å². The van der Waals surface area contributed by atoms with Crippen LogP contribution in [0.25, 0.3) is 0 Å². The Balaban J connectivity index is 2.26. The molecule has 5 heteroatoms. The molecule has 0 radical (unpaired) electrons. The molecule has 1 atom stereocenters. The highest BCUT2D eigenvalue weighted by molar-refractivity contribution is 5.97. The van der Waals surface area contributed by atoms with Crippen molar-refractivity contribution in [2.75, 3.05) is 0 Å². The highest BCUT2D eigenvalue weighted by Gasteiger charge is 2.36. The van der Waals surface area contributed by atoms with E-state index in [-0.39, 0.29) is 6.42 Å². The SMILES string of the molecule is O=C1CC(c2cnco2)C(=O)O1. The zero-order valence-electron chi connectivity index (χ0n) is 6.02. The number of cyclic esters (lactones) is 2. The first-order valence-electron chi connectivity index (χ1n) is 3.40. The minimum atomic E-state index is -0.597. The number of nitrogens with zero attached hydrogens (tertiary/aromatic N) is 1. The van der Waals surface area contributed by atoms with Gasteiger partial charge in [-0.3, -0.25) is 9.59 Å². The molecule has 0 aromatic carbocycles. The van der Waals surface area contributed by atoms with Crippen LogP contribution in [0.15, 0.2) is 17.0 Å². The summed E-state index contributed by atoms with van der Waals surface area (Å²) in [7, 11) is 0. The van der Waals surface area contributed by atoms with Crippen molar-refractivity contribution in [1.82, 2.24) is 4.98 Å². The molecule has 1 fully saturated rings. The maximum atomic E-state index is 11.0. The Hall–Kier alpha value is -1.65. The van der Waals surface area contributed by atoms with Gasteiger partial charge in [0, 0.05) is 0 Å². The summed E-state index contributed by atoms with van der Waals surface area (Å²) in [5.74, 6) is -1.29. The fourth-order valence-corrected chi connectivity index (χ4v) is 1.09. The van der Waals surface area contributed by atoms with Gasteiger partial charge in [0.05, 0.1) is 12.6 Å². The lowest BCUT2D eigenvalue weighted by atomic mass is 10.1. The van der Waals surface area contributed by atoms with Crippen LogP contribution in [0.3, 0.4) is 0 Å². The summed E-state index contributed by atoms with van der Waals surface area (Å²) in [5.41, 5.74) is 0. The maximum Gasteiger partial charge on any atom is 0.324 e. The van der Waals surface area contributed by atoms with Crippen LogP contribution < -0.4 is 0 Å². The van der Waals surface area contributed by atoms with Gasteiger partial charge in [-0.15, -0.1) is 0 Å². The number of rotatable bonds is 1. The molecule has 0 bridgehead atoms. The lowest BCUT2D eigenvalue weighted by Crippen LogP contribution is -2.04. The van der Waals surface area contributed by atoms with Crippen LogP contribution in [0.2, 0.25) is 0 Å². The Bertz CT molecular complexity index is 316. The largest absolute Gasteiger partial charge is 0.448 e. The number of oxazole rings is 1. The Morgan fingerprint density at radius 1 is 1.50 bits per heavy atom. The summed E-state index contributed by atoms with van der Waals surface area (Å²) in [6, 6.07) is 0. The monoisotopic (exact) mass is 167 g/mol. The van der Waals surface area contributed by atoms with Crippen LogP contribution in [-0.2, 0) is 14.3 Å². The molecule has 62 valence electrons. The summed E-state index contributed by atoms with van der Waals surface area (Å²) in [5, 5.41) is 0. The molecular weight excluding hydrogens is 162 g/mol. The Kier molecular flexibility index (Phi) is 1.43. The Labute approximate surface area is 67.3 Å². The number of carbonyl (C=O) groups is 2. The van der Waals surface area contributed by atoms with Gasteiger partial charge in [-0.1, -0.05) is 0 Å². The second-order valence-corrected chi connectivity index (χ2v) is 2.45. The van der Waals surface area contributed by atoms with E-state index in [1.165, 1.54) is 12.6 Å². The zero-order chi connectivity index (χ0) is 8.55. The van der Waals surface area contributed by atoms with E-state index in [0.717, 1.165) is 0 Å². The van der Waals surface area contributed by atoms with Gasteiger partial charge >= 0.3 is 11.9 Å². The topological polar surface area (TPSA) is 69.4 Å². The molecule has 1 saturated heterocycles. The average molecular weight is 167 g/mol. The van der Waals surface area contributed by atoms with Crippen LogP contribution in [0.1, 0.15) is 18.1 Å².